The molecule has 0 unspecified atom stereocenters. The number of furan rings is 1. The predicted octanol–water partition coefficient (Wildman–Crippen LogP) is 2.37. The Morgan fingerprint density at radius 3 is 2.52 bits per heavy atom. The van der Waals surface area contributed by atoms with Gasteiger partial charge in [-0.2, -0.15) is 11.8 Å². The summed E-state index contributed by atoms with van der Waals surface area (Å²) in [5, 5.41) is 14.2. The van der Waals surface area contributed by atoms with Crippen LogP contribution in [0.3, 0.4) is 0 Å². The van der Waals surface area contributed by atoms with Crippen molar-refractivity contribution in [1.82, 2.24) is 10.6 Å². The van der Waals surface area contributed by atoms with Gasteiger partial charge in [-0.3, -0.25) is 9.59 Å². The summed E-state index contributed by atoms with van der Waals surface area (Å²) < 4.78 is 5.03. The van der Waals surface area contributed by atoms with E-state index in [1.807, 2.05) is 12.3 Å². The van der Waals surface area contributed by atoms with Crippen molar-refractivity contribution in [3.8, 4) is 0 Å². The lowest BCUT2D eigenvalue weighted by Crippen LogP contribution is -2.44. The molecule has 0 saturated heterocycles. The number of carbonyl (C=O) groups excluding carboxylic acids is 2. The van der Waals surface area contributed by atoms with Crippen LogP contribution in [0.5, 0.6) is 0 Å². The second-order valence-corrected chi connectivity index (χ2v) is 6.53. The molecule has 3 N–H and O–H groups in total. The minimum atomic E-state index is -1.13. The summed E-state index contributed by atoms with van der Waals surface area (Å²) in [6.07, 6.45) is 4.94. The number of carbonyl (C=O) groups is 3. The Hall–Kier alpha value is -3.00. The number of carboxylic acid groups (broad SMARTS) is 1. The molecular weight excluding hydrogens is 368 g/mol. The summed E-state index contributed by atoms with van der Waals surface area (Å²) in [5.41, 5.74) is 0.608. The Morgan fingerprint density at radius 1 is 1.19 bits per heavy atom. The van der Waals surface area contributed by atoms with Crippen LogP contribution in [0.25, 0.3) is 6.08 Å². The topological polar surface area (TPSA) is 109 Å². The molecule has 2 rings (SSSR count). The van der Waals surface area contributed by atoms with E-state index in [1.165, 1.54) is 30.2 Å². The van der Waals surface area contributed by atoms with Crippen molar-refractivity contribution in [3.63, 3.8) is 0 Å². The lowest BCUT2D eigenvalue weighted by molar-refractivity contribution is -0.141. The molecule has 0 fully saturated rings. The third-order valence-electron chi connectivity index (χ3n) is 3.56. The maximum Gasteiger partial charge on any atom is 0.326 e. The average Bonchev–Trinajstić information content (AvgIpc) is 3.20. The molecule has 0 saturated carbocycles. The molecule has 27 heavy (non-hydrogen) atoms. The van der Waals surface area contributed by atoms with Crippen LogP contribution in [0.15, 0.2) is 58.8 Å². The molecule has 1 aromatic heterocycles. The maximum absolute atomic E-state index is 12.6. The molecule has 2 amide bonds. The van der Waals surface area contributed by atoms with E-state index in [2.05, 4.69) is 10.6 Å². The quantitative estimate of drug-likeness (QED) is 0.569. The number of carboxylic acids is 1. The first-order valence-electron chi connectivity index (χ1n) is 8.15. The van der Waals surface area contributed by atoms with E-state index in [9.17, 15) is 19.5 Å². The zero-order chi connectivity index (χ0) is 19.6. The average molecular weight is 388 g/mol. The lowest BCUT2D eigenvalue weighted by atomic mass is 10.1. The number of thioether (sulfide) groups is 1. The minimum Gasteiger partial charge on any atom is -0.480 e. The van der Waals surface area contributed by atoms with Gasteiger partial charge in [0, 0.05) is 0 Å². The molecule has 0 spiro atoms. The highest BCUT2D eigenvalue weighted by atomic mass is 32.2. The van der Waals surface area contributed by atoms with Crippen LogP contribution in [0.2, 0.25) is 0 Å². The number of hydrogen-bond acceptors (Lipinski definition) is 5. The molecule has 1 heterocycles. The first kappa shape index (κ1) is 20.3. The van der Waals surface area contributed by atoms with Gasteiger partial charge in [-0.05, 0) is 42.2 Å². The van der Waals surface area contributed by atoms with Crippen molar-refractivity contribution >= 4 is 35.6 Å². The largest absolute Gasteiger partial charge is 0.480 e. The Bertz CT molecular complexity index is 803. The van der Waals surface area contributed by atoms with Gasteiger partial charge in [0.2, 0.25) is 0 Å². The van der Waals surface area contributed by atoms with Gasteiger partial charge >= 0.3 is 5.97 Å². The van der Waals surface area contributed by atoms with Gasteiger partial charge in [0.25, 0.3) is 11.8 Å². The van der Waals surface area contributed by atoms with Crippen molar-refractivity contribution in [1.29, 1.82) is 0 Å². The number of hydrogen-bond donors (Lipinski definition) is 3. The Kier molecular flexibility index (Phi) is 7.69. The van der Waals surface area contributed by atoms with E-state index >= 15 is 0 Å². The molecular formula is C19H20N2O5S. The number of amides is 2. The predicted molar refractivity (Wildman–Crippen MR) is 103 cm³/mol. The van der Waals surface area contributed by atoms with Crippen molar-refractivity contribution in [3.05, 3.63) is 65.7 Å². The normalized spacial score (nSPS) is 12.3. The zero-order valence-corrected chi connectivity index (χ0v) is 15.5. The van der Waals surface area contributed by atoms with Crippen LogP contribution in [-0.4, -0.2) is 40.9 Å². The zero-order valence-electron chi connectivity index (χ0n) is 14.7. The summed E-state index contributed by atoms with van der Waals surface area (Å²) in [6.45, 7) is 0. The molecule has 0 aliphatic rings. The van der Waals surface area contributed by atoms with Crippen molar-refractivity contribution in [2.24, 2.45) is 0 Å². The van der Waals surface area contributed by atoms with Gasteiger partial charge in [0.15, 0.2) is 5.76 Å². The smallest absolute Gasteiger partial charge is 0.326 e. The first-order chi connectivity index (χ1) is 13.0. The van der Waals surface area contributed by atoms with Crippen LogP contribution in [0, 0.1) is 0 Å². The summed E-state index contributed by atoms with van der Waals surface area (Å²) >= 11 is 1.48. The summed E-state index contributed by atoms with van der Waals surface area (Å²) in [5.74, 6) is -1.80. The van der Waals surface area contributed by atoms with E-state index in [-0.39, 0.29) is 17.9 Å². The van der Waals surface area contributed by atoms with Crippen LogP contribution >= 0.6 is 11.8 Å². The van der Waals surface area contributed by atoms with Crippen molar-refractivity contribution in [2.45, 2.75) is 12.5 Å². The SMILES string of the molecule is CSCC[C@@H](NC(=O)/C(=C/c1ccccc1)NC(=O)c1ccco1)C(=O)O. The van der Waals surface area contributed by atoms with Gasteiger partial charge in [0.1, 0.15) is 11.7 Å². The standard InChI is InChI=1S/C19H20N2O5S/c1-27-11-9-14(19(24)25)20-17(22)15(12-13-6-3-2-4-7-13)21-18(23)16-8-5-10-26-16/h2-8,10,12,14H,9,11H2,1H3,(H,20,22)(H,21,23)(H,24,25)/b15-12-/t14-/m1/s1. The van der Waals surface area contributed by atoms with Crippen LogP contribution in [0.4, 0.5) is 0 Å². The van der Waals surface area contributed by atoms with Gasteiger partial charge in [-0.25, -0.2) is 4.79 Å². The van der Waals surface area contributed by atoms with E-state index < -0.39 is 23.8 Å². The fourth-order valence-electron chi connectivity index (χ4n) is 2.20. The second kappa shape index (κ2) is 10.2. The summed E-state index contributed by atoms with van der Waals surface area (Å²) in [7, 11) is 0. The molecule has 1 atom stereocenters. The maximum atomic E-state index is 12.6. The molecule has 7 nitrogen and oxygen atoms in total. The van der Waals surface area contributed by atoms with Crippen molar-refractivity contribution in [2.75, 3.05) is 12.0 Å². The Balaban J connectivity index is 2.22. The fraction of sp³-hybridized carbons (Fsp3) is 0.211. The minimum absolute atomic E-state index is 0.0407. The fourth-order valence-corrected chi connectivity index (χ4v) is 2.67. The second-order valence-electron chi connectivity index (χ2n) is 5.55. The highest BCUT2D eigenvalue weighted by Gasteiger charge is 2.23. The lowest BCUT2D eigenvalue weighted by Gasteiger charge is -2.16. The third-order valence-corrected chi connectivity index (χ3v) is 4.21. The molecule has 0 aliphatic carbocycles. The molecule has 8 heteroatoms. The van der Waals surface area contributed by atoms with Crippen LogP contribution in [-0.2, 0) is 9.59 Å². The molecule has 0 bridgehead atoms. The van der Waals surface area contributed by atoms with Crippen molar-refractivity contribution < 1.29 is 23.9 Å². The monoisotopic (exact) mass is 388 g/mol. The molecule has 0 aliphatic heterocycles. The number of nitrogens with one attached hydrogen (secondary N) is 2. The van der Waals surface area contributed by atoms with Gasteiger partial charge in [0.05, 0.1) is 6.26 Å². The van der Waals surface area contributed by atoms with Crippen LogP contribution in [0.1, 0.15) is 22.5 Å². The van der Waals surface area contributed by atoms with E-state index in [0.717, 1.165) is 0 Å². The number of rotatable bonds is 9. The molecule has 142 valence electrons. The summed E-state index contributed by atoms with van der Waals surface area (Å²) in [6, 6.07) is 10.9. The van der Waals surface area contributed by atoms with Gasteiger partial charge < -0.3 is 20.2 Å². The first-order valence-corrected chi connectivity index (χ1v) is 9.55. The highest BCUT2D eigenvalue weighted by Crippen LogP contribution is 2.09. The van der Waals surface area contributed by atoms with E-state index in [1.54, 1.807) is 30.3 Å². The molecule has 0 radical (unpaired) electrons. The number of benzene rings is 1. The summed E-state index contributed by atoms with van der Waals surface area (Å²) in [4.78, 5) is 36.3. The van der Waals surface area contributed by atoms with Crippen LogP contribution < -0.4 is 10.6 Å². The number of aliphatic carboxylic acids is 1. The van der Waals surface area contributed by atoms with E-state index in [4.69, 9.17) is 4.42 Å². The Labute approximate surface area is 160 Å². The molecule has 1 aromatic carbocycles. The van der Waals surface area contributed by atoms with Gasteiger partial charge in [-0.1, -0.05) is 30.3 Å². The molecule has 2 aromatic rings. The van der Waals surface area contributed by atoms with E-state index in [0.29, 0.717) is 11.3 Å². The third kappa shape index (κ3) is 6.34. The highest BCUT2D eigenvalue weighted by molar-refractivity contribution is 7.98. The van der Waals surface area contributed by atoms with Gasteiger partial charge in [-0.15, -0.1) is 0 Å². The Morgan fingerprint density at radius 2 is 1.93 bits per heavy atom.